The van der Waals surface area contributed by atoms with E-state index in [1.807, 2.05) is 41.5 Å². The average Bonchev–Trinajstić information content (AvgIpc) is 3.46. The number of ketones is 1. The molecule has 14 heteroatoms. The number of likely N-dealkylation sites (tertiary alicyclic amines) is 1. The van der Waals surface area contributed by atoms with E-state index in [1.54, 1.807) is 4.90 Å². The van der Waals surface area contributed by atoms with Crippen LogP contribution in [-0.4, -0.2) is 92.2 Å². The molecule has 0 radical (unpaired) electrons. The Balaban J connectivity index is 1.80. The minimum absolute atomic E-state index is 0.0948. The van der Waals surface area contributed by atoms with Crippen LogP contribution in [0.25, 0.3) is 0 Å². The van der Waals surface area contributed by atoms with Crippen LogP contribution < -0.4 is 27.0 Å². The Morgan fingerprint density at radius 2 is 1.51 bits per heavy atom. The molecule has 6 unspecified atom stereocenters. The van der Waals surface area contributed by atoms with E-state index >= 15 is 0 Å². The van der Waals surface area contributed by atoms with Crippen LogP contribution in [0, 0.1) is 28.6 Å². The molecule has 6 N–H and O–H groups in total. The van der Waals surface area contributed by atoms with E-state index < -0.39 is 74.4 Å². The summed E-state index contributed by atoms with van der Waals surface area (Å²) in [4.78, 5) is 67.6. The highest BCUT2D eigenvalue weighted by atomic mass is 32.2. The summed E-state index contributed by atoms with van der Waals surface area (Å²) in [7, 11) is -3.26. The summed E-state index contributed by atoms with van der Waals surface area (Å²) in [6.45, 7) is 11.8. The number of urea groups is 1. The molecule has 1 saturated heterocycles. The Morgan fingerprint density at radius 1 is 0.889 bits per heavy atom. The molecule has 0 spiro atoms. The summed E-state index contributed by atoms with van der Waals surface area (Å²) in [5.41, 5.74) is 4.16. The molecular weight excluding hydrogens is 600 g/mol. The standard InChI is InChI=1S/C31H54N6O7S/c1-30(2,3)22(15-33-17-45(7,43)44)35-29(42)36-25(31(4,5)6)28(41)37-16-19-12-9-13-20(19)23(37)27(40)34-21(24(38)26(32)39)14-18-10-8-11-18/h18-23,25,33H,8-17H2,1-7H3,(H2,32,39)(H,34,40)(H2,35,36,42). The van der Waals surface area contributed by atoms with Gasteiger partial charge in [-0.2, -0.15) is 0 Å². The van der Waals surface area contributed by atoms with Crippen LogP contribution in [0.15, 0.2) is 0 Å². The van der Waals surface area contributed by atoms with Crippen molar-refractivity contribution in [2.75, 3.05) is 25.2 Å². The van der Waals surface area contributed by atoms with Gasteiger partial charge in [0.25, 0.3) is 5.91 Å². The van der Waals surface area contributed by atoms with Crippen molar-refractivity contribution in [1.29, 1.82) is 0 Å². The molecule has 2 aliphatic carbocycles. The van der Waals surface area contributed by atoms with Gasteiger partial charge in [0, 0.05) is 25.4 Å². The Morgan fingerprint density at radius 3 is 2.02 bits per heavy atom. The van der Waals surface area contributed by atoms with Crippen LogP contribution >= 0.6 is 0 Å². The van der Waals surface area contributed by atoms with Crippen molar-refractivity contribution < 1.29 is 32.4 Å². The Bertz CT molecular complexity index is 1240. The zero-order valence-corrected chi connectivity index (χ0v) is 28.7. The lowest BCUT2D eigenvalue weighted by Gasteiger charge is -2.38. The smallest absolute Gasteiger partial charge is 0.315 e. The minimum atomic E-state index is -3.26. The zero-order chi connectivity index (χ0) is 33.9. The fourth-order valence-electron chi connectivity index (χ4n) is 6.70. The number of carbonyl (C=O) groups excluding carboxylic acids is 5. The first-order valence-electron chi connectivity index (χ1n) is 16.1. The zero-order valence-electron chi connectivity index (χ0n) is 27.9. The monoisotopic (exact) mass is 654 g/mol. The number of rotatable bonds is 13. The first-order chi connectivity index (χ1) is 20.7. The van der Waals surface area contributed by atoms with Crippen LogP contribution in [0.5, 0.6) is 0 Å². The van der Waals surface area contributed by atoms with E-state index in [2.05, 4.69) is 21.3 Å². The largest absolute Gasteiger partial charge is 0.363 e. The van der Waals surface area contributed by atoms with E-state index in [0.29, 0.717) is 13.0 Å². The number of nitrogens with one attached hydrogen (secondary N) is 4. The fraction of sp³-hybridized carbons (Fsp3) is 0.839. The second-order valence-electron chi connectivity index (χ2n) is 15.5. The molecule has 5 amide bonds. The third kappa shape index (κ3) is 9.87. The first-order valence-corrected chi connectivity index (χ1v) is 18.1. The van der Waals surface area contributed by atoms with Crippen LogP contribution in [0.1, 0.15) is 86.5 Å². The summed E-state index contributed by atoms with van der Waals surface area (Å²) >= 11 is 0. The van der Waals surface area contributed by atoms with Crippen LogP contribution in [0.3, 0.4) is 0 Å². The molecule has 0 aromatic heterocycles. The topological polar surface area (TPSA) is 197 Å². The van der Waals surface area contributed by atoms with Crippen molar-refractivity contribution in [3.8, 4) is 0 Å². The molecule has 256 valence electrons. The van der Waals surface area contributed by atoms with Crippen molar-refractivity contribution in [2.45, 2.75) is 111 Å². The minimum Gasteiger partial charge on any atom is -0.363 e. The summed E-state index contributed by atoms with van der Waals surface area (Å²) < 4.78 is 23.2. The molecule has 1 aliphatic heterocycles. The summed E-state index contributed by atoms with van der Waals surface area (Å²) in [6, 6.07) is -3.92. The number of fused-ring (bicyclic) bond motifs is 1. The number of carbonyl (C=O) groups is 5. The van der Waals surface area contributed by atoms with E-state index in [-0.39, 0.29) is 30.2 Å². The lowest BCUT2D eigenvalue weighted by molar-refractivity contribution is -0.144. The van der Waals surface area contributed by atoms with Gasteiger partial charge in [0.1, 0.15) is 12.1 Å². The predicted octanol–water partition coefficient (Wildman–Crippen LogP) is 1.06. The van der Waals surface area contributed by atoms with Crippen molar-refractivity contribution in [3.05, 3.63) is 0 Å². The van der Waals surface area contributed by atoms with Crippen molar-refractivity contribution in [3.63, 3.8) is 0 Å². The highest BCUT2D eigenvalue weighted by Crippen LogP contribution is 2.43. The number of primary amides is 1. The van der Waals surface area contributed by atoms with Crippen LogP contribution in [-0.2, 0) is 29.0 Å². The third-order valence-corrected chi connectivity index (χ3v) is 10.3. The van der Waals surface area contributed by atoms with Crippen molar-refractivity contribution in [1.82, 2.24) is 26.2 Å². The second-order valence-corrected chi connectivity index (χ2v) is 17.6. The van der Waals surface area contributed by atoms with Crippen molar-refractivity contribution >= 4 is 39.4 Å². The number of amides is 5. The maximum atomic E-state index is 14.3. The van der Waals surface area contributed by atoms with Crippen molar-refractivity contribution in [2.24, 2.45) is 34.3 Å². The maximum Gasteiger partial charge on any atom is 0.315 e. The third-order valence-electron chi connectivity index (χ3n) is 9.56. The molecule has 45 heavy (non-hydrogen) atoms. The average molecular weight is 655 g/mol. The van der Waals surface area contributed by atoms with Crippen LogP contribution in [0.4, 0.5) is 4.79 Å². The van der Waals surface area contributed by atoms with Gasteiger partial charge in [-0.15, -0.1) is 0 Å². The molecule has 13 nitrogen and oxygen atoms in total. The molecule has 0 aromatic carbocycles. The number of nitrogens with zero attached hydrogens (tertiary/aromatic N) is 1. The van der Waals surface area contributed by atoms with Gasteiger partial charge in [0.15, 0.2) is 9.84 Å². The SMILES string of the molecule is CC(C)(C)C(CNCS(C)(=O)=O)NC(=O)NC(C(=O)N1CC2CCCC2C1C(=O)NC(CC1CCC1)C(=O)C(N)=O)C(C)(C)C. The molecule has 2 saturated carbocycles. The highest BCUT2D eigenvalue weighted by Gasteiger charge is 2.52. The summed E-state index contributed by atoms with van der Waals surface area (Å²) in [5, 5.41) is 11.4. The Kier molecular flexibility index (Phi) is 11.7. The van der Waals surface area contributed by atoms with E-state index in [4.69, 9.17) is 5.73 Å². The lowest BCUT2D eigenvalue weighted by atomic mass is 9.80. The van der Waals surface area contributed by atoms with Gasteiger partial charge in [0.2, 0.25) is 17.6 Å². The maximum absolute atomic E-state index is 14.3. The summed E-state index contributed by atoms with van der Waals surface area (Å²) in [5.74, 6) is -2.79. The molecule has 0 aromatic rings. The van der Waals surface area contributed by atoms with Gasteiger partial charge < -0.3 is 31.9 Å². The van der Waals surface area contributed by atoms with Gasteiger partial charge in [-0.25, -0.2) is 13.2 Å². The number of hydrogen-bond acceptors (Lipinski definition) is 8. The number of Topliss-reactive ketones (excluding diaryl/α,β-unsaturated/α-hetero) is 1. The fourth-order valence-corrected chi connectivity index (χ4v) is 7.19. The highest BCUT2D eigenvalue weighted by molar-refractivity contribution is 7.90. The van der Waals surface area contributed by atoms with E-state index in [1.165, 1.54) is 0 Å². The summed E-state index contributed by atoms with van der Waals surface area (Å²) in [6.07, 6.45) is 6.88. The van der Waals surface area contributed by atoms with Crippen LogP contribution in [0.2, 0.25) is 0 Å². The van der Waals surface area contributed by atoms with Gasteiger partial charge in [0.05, 0.1) is 11.9 Å². The molecule has 3 aliphatic rings. The molecule has 6 atom stereocenters. The van der Waals surface area contributed by atoms with Gasteiger partial charge in [-0.05, 0) is 47.8 Å². The molecule has 3 rings (SSSR count). The Labute approximate surface area is 267 Å². The van der Waals surface area contributed by atoms with E-state index in [0.717, 1.165) is 44.8 Å². The molecule has 0 bridgehead atoms. The second kappa shape index (κ2) is 14.4. The lowest BCUT2D eigenvalue weighted by Crippen LogP contribution is -2.62. The van der Waals surface area contributed by atoms with Gasteiger partial charge in [-0.3, -0.25) is 19.2 Å². The van der Waals surface area contributed by atoms with Gasteiger partial charge in [-0.1, -0.05) is 67.2 Å². The van der Waals surface area contributed by atoms with E-state index in [9.17, 15) is 32.4 Å². The molecular formula is C31H54N6O7S. The molecule has 1 heterocycles. The Hall–Kier alpha value is -2.74. The normalized spacial score (nSPS) is 24.2. The number of hydrogen-bond donors (Lipinski definition) is 5. The quantitative estimate of drug-likeness (QED) is 0.182. The number of sulfone groups is 1. The molecule has 3 fully saturated rings. The number of nitrogens with two attached hydrogens (primary N) is 1. The van der Waals surface area contributed by atoms with Gasteiger partial charge >= 0.3 is 6.03 Å². The predicted molar refractivity (Wildman–Crippen MR) is 170 cm³/mol. The first kappa shape index (κ1) is 36.7.